The Labute approximate surface area is 116 Å². The molecule has 104 valence electrons. The summed E-state index contributed by atoms with van der Waals surface area (Å²) in [6.07, 6.45) is 7.28. The van der Waals surface area contributed by atoms with E-state index in [0.717, 1.165) is 25.2 Å². The first-order chi connectivity index (χ1) is 9.24. The van der Waals surface area contributed by atoms with Crippen LogP contribution in [0, 0.1) is 5.92 Å². The van der Waals surface area contributed by atoms with E-state index in [2.05, 4.69) is 41.2 Å². The minimum Gasteiger partial charge on any atom is -0.353 e. The molecule has 1 aromatic rings. The summed E-state index contributed by atoms with van der Waals surface area (Å²) in [5.74, 6) is 1.90. The van der Waals surface area contributed by atoms with Gasteiger partial charge in [0.1, 0.15) is 5.82 Å². The van der Waals surface area contributed by atoms with Gasteiger partial charge in [0.05, 0.1) is 0 Å². The highest BCUT2D eigenvalue weighted by atomic mass is 15.2. The van der Waals surface area contributed by atoms with Gasteiger partial charge in [0.2, 0.25) is 0 Å². The van der Waals surface area contributed by atoms with Crippen molar-refractivity contribution >= 4 is 5.82 Å². The van der Waals surface area contributed by atoms with Crippen LogP contribution in [0.15, 0.2) is 18.3 Å². The molecule has 1 aromatic heterocycles. The molecule has 2 aliphatic rings. The van der Waals surface area contributed by atoms with Crippen molar-refractivity contribution in [2.75, 3.05) is 11.4 Å². The number of hydrogen-bond donors (Lipinski definition) is 1. The van der Waals surface area contributed by atoms with Gasteiger partial charge < -0.3 is 10.2 Å². The molecule has 2 fully saturated rings. The molecule has 0 bridgehead atoms. The molecule has 3 rings (SSSR count). The van der Waals surface area contributed by atoms with Crippen LogP contribution < -0.4 is 10.2 Å². The van der Waals surface area contributed by atoms with Crippen molar-refractivity contribution in [3.63, 3.8) is 0 Å². The van der Waals surface area contributed by atoms with Crippen molar-refractivity contribution in [1.29, 1.82) is 0 Å². The summed E-state index contributed by atoms with van der Waals surface area (Å²) in [4.78, 5) is 7.21. The van der Waals surface area contributed by atoms with E-state index in [-0.39, 0.29) is 0 Å². The number of rotatable bonds is 7. The lowest BCUT2D eigenvalue weighted by Gasteiger charge is -2.27. The summed E-state index contributed by atoms with van der Waals surface area (Å²) < 4.78 is 0. The normalized spacial score (nSPS) is 18.9. The van der Waals surface area contributed by atoms with Gasteiger partial charge in [-0.1, -0.05) is 19.9 Å². The molecule has 0 unspecified atom stereocenters. The second kappa shape index (κ2) is 5.49. The summed E-state index contributed by atoms with van der Waals surface area (Å²) >= 11 is 0. The monoisotopic (exact) mass is 259 g/mol. The highest BCUT2D eigenvalue weighted by Gasteiger charge is 2.31. The van der Waals surface area contributed by atoms with Crippen molar-refractivity contribution in [2.24, 2.45) is 5.92 Å². The molecule has 0 radical (unpaired) electrons. The van der Waals surface area contributed by atoms with E-state index >= 15 is 0 Å². The Kier molecular flexibility index (Phi) is 3.74. The molecule has 19 heavy (non-hydrogen) atoms. The molecular formula is C16H25N3. The Hall–Kier alpha value is -1.09. The molecule has 3 nitrogen and oxygen atoms in total. The first-order valence-electron chi connectivity index (χ1n) is 7.68. The summed E-state index contributed by atoms with van der Waals surface area (Å²) in [6.45, 7) is 6.67. The zero-order chi connectivity index (χ0) is 13.2. The minimum atomic E-state index is 0.687. The van der Waals surface area contributed by atoms with Crippen LogP contribution >= 0.6 is 0 Å². The SMILES string of the molecule is CC(C)CN(c1ncccc1CNC1CC1)C1CC1. The van der Waals surface area contributed by atoms with E-state index in [1.54, 1.807) is 0 Å². The van der Waals surface area contributed by atoms with Crippen LogP contribution in [0.5, 0.6) is 0 Å². The standard InChI is InChI=1S/C16H25N3/c1-12(2)11-19(15-7-8-15)16-13(4-3-9-17-16)10-18-14-5-6-14/h3-4,9,12,14-15,18H,5-8,10-11H2,1-2H3. The van der Waals surface area contributed by atoms with Crippen molar-refractivity contribution < 1.29 is 0 Å². The topological polar surface area (TPSA) is 28.2 Å². The van der Waals surface area contributed by atoms with E-state index < -0.39 is 0 Å². The number of aromatic nitrogens is 1. The van der Waals surface area contributed by atoms with Crippen molar-refractivity contribution in [3.8, 4) is 0 Å². The van der Waals surface area contributed by atoms with Crippen LogP contribution in [0.4, 0.5) is 5.82 Å². The average molecular weight is 259 g/mol. The molecule has 1 heterocycles. The van der Waals surface area contributed by atoms with Gasteiger partial charge in [-0.05, 0) is 37.7 Å². The molecule has 0 atom stereocenters. The third-order valence-corrected chi connectivity index (χ3v) is 3.85. The maximum absolute atomic E-state index is 4.68. The Morgan fingerprint density at radius 1 is 1.32 bits per heavy atom. The number of anilines is 1. The van der Waals surface area contributed by atoms with Crippen molar-refractivity contribution in [1.82, 2.24) is 10.3 Å². The van der Waals surface area contributed by atoms with Crippen LogP contribution in [0.3, 0.4) is 0 Å². The second-order valence-corrected chi connectivity index (χ2v) is 6.42. The summed E-state index contributed by atoms with van der Waals surface area (Å²) in [6, 6.07) is 5.78. The third kappa shape index (κ3) is 3.47. The van der Waals surface area contributed by atoms with E-state index in [1.807, 2.05) is 6.20 Å². The van der Waals surface area contributed by atoms with Crippen LogP contribution in [0.1, 0.15) is 45.1 Å². The molecule has 2 aliphatic carbocycles. The van der Waals surface area contributed by atoms with Gasteiger partial charge in [0, 0.05) is 36.9 Å². The molecule has 2 saturated carbocycles. The minimum absolute atomic E-state index is 0.687. The average Bonchev–Trinajstić information content (AvgIpc) is 3.28. The van der Waals surface area contributed by atoms with Crippen LogP contribution in [-0.2, 0) is 6.54 Å². The first-order valence-corrected chi connectivity index (χ1v) is 7.68. The molecule has 1 N–H and O–H groups in total. The van der Waals surface area contributed by atoms with Gasteiger partial charge in [-0.3, -0.25) is 0 Å². The van der Waals surface area contributed by atoms with Crippen LogP contribution in [-0.4, -0.2) is 23.6 Å². The zero-order valence-electron chi connectivity index (χ0n) is 12.1. The molecule has 3 heteroatoms. The molecular weight excluding hydrogens is 234 g/mol. The quantitative estimate of drug-likeness (QED) is 0.816. The molecule has 0 aliphatic heterocycles. The fraction of sp³-hybridized carbons (Fsp3) is 0.688. The van der Waals surface area contributed by atoms with Gasteiger partial charge in [-0.2, -0.15) is 0 Å². The van der Waals surface area contributed by atoms with Crippen LogP contribution in [0.25, 0.3) is 0 Å². The lowest BCUT2D eigenvalue weighted by atomic mass is 10.1. The number of pyridine rings is 1. The highest BCUT2D eigenvalue weighted by molar-refractivity contribution is 5.49. The Balaban J connectivity index is 1.75. The Morgan fingerprint density at radius 3 is 2.74 bits per heavy atom. The molecule has 0 amide bonds. The number of hydrogen-bond acceptors (Lipinski definition) is 3. The predicted molar refractivity (Wildman–Crippen MR) is 79.3 cm³/mol. The Bertz CT molecular complexity index is 422. The summed E-state index contributed by atoms with van der Waals surface area (Å²) in [7, 11) is 0. The van der Waals surface area contributed by atoms with E-state index in [4.69, 9.17) is 0 Å². The van der Waals surface area contributed by atoms with Gasteiger partial charge >= 0.3 is 0 Å². The van der Waals surface area contributed by atoms with Crippen LogP contribution in [0.2, 0.25) is 0 Å². The first kappa shape index (κ1) is 12.9. The lowest BCUT2D eigenvalue weighted by molar-refractivity contribution is 0.597. The van der Waals surface area contributed by atoms with E-state index in [0.29, 0.717) is 5.92 Å². The van der Waals surface area contributed by atoms with Gasteiger partial charge in [-0.15, -0.1) is 0 Å². The van der Waals surface area contributed by atoms with Gasteiger partial charge in [-0.25, -0.2) is 4.98 Å². The fourth-order valence-corrected chi connectivity index (χ4v) is 2.56. The third-order valence-electron chi connectivity index (χ3n) is 3.85. The lowest BCUT2D eigenvalue weighted by Crippen LogP contribution is -2.32. The van der Waals surface area contributed by atoms with E-state index in [9.17, 15) is 0 Å². The fourth-order valence-electron chi connectivity index (χ4n) is 2.56. The maximum atomic E-state index is 4.68. The smallest absolute Gasteiger partial charge is 0.133 e. The number of nitrogens with zero attached hydrogens (tertiary/aromatic N) is 2. The predicted octanol–water partition coefficient (Wildman–Crippen LogP) is 2.96. The van der Waals surface area contributed by atoms with Crippen molar-refractivity contribution in [3.05, 3.63) is 23.9 Å². The number of nitrogens with one attached hydrogen (secondary N) is 1. The zero-order valence-corrected chi connectivity index (χ0v) is 12.1. The molecule has 0 aromatic carbocycles. The maximum Gasteiger partial charge on any atom is 0.133 e. The van der Waals surface area contributed by atoms with Gasteiger partial charge in [0.15, 0.2) is 0 Å². The molecule has 0 spiro atoms. The van der Waals surface area contributed by atoms with Gasteiger partial charge in [0.25, 0.3) is 0 Å². The second-order valence-electron chi connectivity index (χ2n) is 6.42. The highest BCUT2D eigenvalue weighted by Crippen LogP contribution is 2.33. The Morgan fingerprint density at radius 2 is 2.11 bits per heavy atom. The van der Waals surface area contributed by atoms with E-state index in [1.165, 1.54) is 37.1 Å². The molecule has 0 saturated heterocycles. The summed E-state index contributed by atoms with van der Waals surface area (Å²) in [5.41, 5.74) is 1.36. The largest absolute Gasteiger partial charge is 0.353 e. The van der Waals surface area contributed by atoms with Crippen molar-refractivity contribution in [2.45, 2.75) is 58.2 Å². The summed E-state index contributed by atoms with van der Waals surface area (Å²) in [5, 5.41) is 3.61.